The highest BCUT2D eigenvalue weighted by atomic mass is 32.2. The van der Waals surface area contributed by atoms with Gasteiger partial charge in [-0.25, -0.2) is 4.79 Å². The minimum Gasteiger partial charge on any atom is -0.434 e. The lowest BCUT2D eigenvalue weighted by Gasteiger charge is -2.11. The van der Waals surface area contributed by atoms with Gasteiger partial charge < -0.3 is 9.47 Å². The molecule has 0 bridgehead atoms. The third-order valence-corrected chi connectivity index (χ3v) is 4.48. The van der Waals surface area contributed by atoms with Gasteiger partial charge in [0.15, 0.2) is 0 Å². The van der Waals surface area contributed by atoms with E-state index in [0.717, 1.165) is 22.0 Å². The van der Waals surface area contributed by atoms with Crippen molar-refractivity contribution in [1.82, 2.24) is 0 Å². The van der Waals surface area contributed by atoms with Crippen molar-refractivity contribution in [2.75, 3.05) is 6.61 Å². The molecule has 0 amide bonds. The molecule has 126 valence electrons. The van der Waals surface area contributed by atoms with E-state index in [0.29, 0.717) is 16.7 Å². The van der Waals surface area contributed by atoms with Gasteiger partial charge in [-0.15, -0.1) is 0 Å². The maximum absolute atomic E-state index is 12.5. The second kappa shape index (κ2) is 7.85. The highest BCUT2D eigenvalue weighted by molar-refractivity contribution is 8.14. The van der Waals surface area contributed by atoms with Crippen LogP contribution >= 0.6 is 11.8 Å². The summed E-state index contributed by atoms with van der Waals surface area (Å²) < 4.78 is 10.2. The lowest BCUT2D eigenvalue weighted by molar-refractivity contribution is 0.104. The molecule has 0 aliphatic rings. The Morgan fingerprint density at radius 3 is 2.36 bits per heavy atom. The van der Waals surface area contributed by atoms with E-state index in [-0.39, 0.29) is 11.7 Å². The SMILES string of the molecule is CCOC(=O)Oc1cccc2cccc(SC(=O)c3ccccc3)c12. The number of carbonyl (C=O) groups excluding carboxylic acids is 2. The van der Waals surface area contributed by atoms with Gasteiger partial charge >= 0.3 is 6.16 Å². The van der Waals surface area contributed by atoms with Gasteiger partial charge in [0.25, 0.3) is 0 Å². The van der Waals surface area contributed by atoms with Crippen LogP contribution in [0.4, 0.5) is 4.79 Å². The van der Waals surface area contributed by atoms with Crippen LogP contribution in [0.15, 0.2) is 71.6 Å². The van der Waals surface area contributed by atoms with Gasteiger partial charge in [-0.3, -0.25) is 4.79 Å². The molecule has 0 atom stereocenters. The van der Waals surface area contributed by atoms with Crippen LogP contribution in [-0.2, 0) is 4.74 Å². The topological polar surface area (TPSA) is 52.6 Å². The van der Waals surface area contributed by atoms with E-state index in [1.54, 1.807) is 31.2 Å². The Bertz CT molecular complexity index is 901. The molecule has 0 heterocycles. The number of fused-ring (bicyclic) bond motifs is 1. The maximum Gasteiger partial charge on any atom is 0.513 e. The van der Waals surface area contributed by atoms with Crippen molar-refractivity contribution < 1.29 is 19.1 Å². The average Bonchev–Trinajstić information content (AvgIpc) is 2.63. The molecule has 5 heteroatoms. The molecule has 0 spiro atoms. The molecule has 3 aromatic rings. The fraction of sp³-hybridized carbons (Fsp3) is 0.100. The fourth-order valence-electron chi connectivity index (χ4n) is 2.41. The molecule has 0 saturated carbocycles. The molecule has 3 rings (SSSR count). The number of hydrogen-bond acceptors (Lipinski definition) is 5. The zero-order chi connectivity index (χ0) is 17.6. The van der Waals surface area contributed by atoms with E-state index in [2.05, 4.69) is 0 Å². The first kappa shape index (κ1) is 17.0. The Morgan fingerprint density at radius 2 is 1.64 bits per heavy atom. The van der Waals surface area contributed by atoms with Crippen molar-refractivity contribution in [3.63, 3.8) is 0 Å². The van der Waals surface area contributed by atoms with E-state index in [9.17, 15) is 9.59 Å². The molecule has 0 aromatic heterocycles. The third kappa shape index (κ3) is 4.00. The Kier molecular flexibility index (Phi) is 5.36. The standard InChI is InChI=1S/C20H16O4S/c1-2-23-20(22)24-16-12-6-10-14-11-7-13-17(18(14)16)25-19(21)15-8-4-3-5-9-15/h3-13H,2H2,1H3. The molecule has 3 aromatic carbocycles. The number of rotatable bonds is 4. The maximum atomic E-state index is 12.5. The first-order valence-electron chi connectivity index (χ1n) is 7.82. The van der Waals surface area contributed by atoms with Gasteiger partial charge in [0.2, 0.25) is 5.12 Å². The van der Waals surface area contributed by atoms with E-state index in [1.165, 1.54) is 0 Å². The van der Waals surface area contributed by atoms with E-state index in [4.69, 9.17) is 9.47 Å². The summed E-state index contributed by atoms with van der Waals surface area (Å²) >= 11 is 1.11. The molecule has 25 heavy (non-hydrogen) atoms. The van der Waals surface area contributed by atoms with Crippen molar-refractivity contribution in [2.45, 2.75) is 11.8 Å². The summed E-state index contributed by atoms with van der Waals surface area (Å²) in [6, 6.07) is 20.1. The minimum atomic E-state index is -0.760. The van der Waals surface area contributed by atoms with Gasteiger partial charge in [0.05, 0.1) is 6.61 Å². The first-order valence-corrected chi connectivity index (χ1v) is 8.64. The number of ether oxygens (including phenoxy) is 2. The molecule has 0 saturated heterocycles. The molecule has 0 fully saturated rings. The monoisotopic (exact) mass is 352 g/mol. The highest BCUT2D eigenvalue weighted by Crippen LogP contribution is 2.36. The summed E-state index contributed by atoms with van der Waals surface area (Å²) in [4.78, 5) is 24.9. The molecule has 0 unspecified atom stereocenters. The molecule has 0 radical (unpaired) electrons. The molecule has 0 N–H and O–H groups in total. The average molecular weight is 352 g/mol. The molecular weight excluding hydrogens is 336 g/mol. The third-order valence-electron chi connectivity index (χ3n) is 3.50. The smallest absolute Gasteiger partial charge is 0.434 e. The summed E-state index contributed by atoms with van der Waals surface area (Å²) in [5.74, 6) is 0.375. The van der Waals surface area contributed by atoms with E-state index < -0.39 is 6.16 Å². The van der Waals surface area contributed by atoms with Crippen LogP contribution in [0, 0.1) is 0 Å². The summed E-state index contributed by atoms with van der Waals surface area (Å²) in [6.45, 7) is 1.95. The number of carbonyl (C=O) groups is 2. The Labute approximate surface area is 149 Å². The molecule has 0 aliphatic heterocycles. The summed E-state index contributed by atoms with van der Waals surface area (Å²) in [6.07, 6.45) is -0.760. The van der Waals surface area contributed by atoms with Crippen LogP contribution in [0.2, 0.25) is 0 Å². The fourth-order valence-corrected chi connectivity index (χ4v) is 3.33. The minimum absolute atomic E-state index is 0.0703. The van der Waals surface area contributed by atoms with Crippen molar-refractivity contribution in [2.24, 2.45) is 0 Å². The van der Waals surface area contributed by atoms with Crippen LogP contribution in [-0.4, -0.2) is 17.9 Å². The van der Waals surface area contributed by atoms with Crippen molar-refractivity contribution in [1.29, 1.82) is 0 Å². The van der Waals surface area contributed by atoms with Crippen LogP contribution in [0.3, 0.4) is 0 Å². The van der Waals surface area contributed by atoms with Gasteiger partial charge in [-0.2, -0.15) is 0 Å². The van der Waals surface area contributed by atoms with Gasteiger partial charge in [-0.1, -0.05) is 54.6 Å². The number of benzene rings is 3. The number of thioether (sulfide) groups is 1. The van der Waals surface area contributed by atoms with Gasteiger partial charge in [0, 0.05) is 15.8 Å². The predicted molar refractivity (Wildman–Crippen MR) is 98.2 cm³/mol. The predicted octanol–water partition coefficient (Wildman–Crippen LogP) is 5.31. The van der Waals surface area contributed by atoms with E-state index >= 15 is 0 Å². The molecule has 0 aliphatic carbocycles. The first-order chi connectivity index (χ1) is 12.2. The Balaban J connectivity index is 1.97. The largest absolute Gasteiger partial charge is 0.513 e. The lowest BCUT2D eigenvalue weighted by atomic mass is 10.1. The van der Waals surface area contributed by atoms with Crippen LogP contribution in [0.5, 0.6) is 5.75 Å². The van der Waals surface area contributed by atoms with Crippen LogP contribution in [0.1, 0.15) is 17.3 Å². The normalized spacial score (nSPS) is 10.4. The molecule has 4 nitrogen and oxygen atoms in total. The summed E-state index contributed by atoms with van der Waals surface area (Å²) in [7, 11) is 0. The summed E-state index contributed by atoms with van der Waals surface area (Å²) in [5.41, 5.74) is 0.619. The second-order valence-corrected chi connectivity index (χ2v) is 6.17. The van der Waals surface area contributed by atoms with Gasteiger partial charge in [-0.05, 0) is 36.2 Å². The number of hydrogen-bond donors (Lipinski definition) is 0. The zero-order valence-electron chi connectivity index (χ0n) is 13.6. The van der Waals surface area contributed by atoms with Crippen molar-refractivity contribution in [3.8, 4) is 5.75 Å². The van der Waals surface area contributed by atoms with Crippen LogP contribution < -0.4 is 4.74 Å². The van der Waals surface area contributed by atoms with Crippen molar-refractivity contribution >= 4 is 33.8 Å². The van der Waals surface area contributed by atoms with Crippen LogP contribution in [0.25, 0.3) is 10.8 Å². The molecular formula is C20H16O4S. The van der Waals surface area contributed by atoms with E-state index in [1.807, 2.05) is 42.5 Å². The lowest BCUT2D eigenvalue weighted by Crippen LogP contribution is -2.10. The quantitative estimate of drug-likeness (QED) is 0.362. The second-order valence-electron chi connectivity index (χ2n) is 5.15. The Morgan fingerprint density at radius 1 is 0.920 bits per heavy atom. The summed E-state index contributed by atoms with van der Waals surface area (Å²) in [5, 5.41) is 1.53. The van der Waals surface area contributed by atoms with Crippen molar-refractivity contribution in [3.05, 3.63) is 72.3 Å². The highest BCUT2D eigenvalue weighted by Gasteiger charge is 2.15. The Hall–Kier alpha value is -2.79. The zero-order valence-corrected chi connectivity index (χ0v) is 14.4. The van der Waals surface area contributed by atoms with Gasteiger partial charge in [0.1, 0.15) is 5.75 Å².